The SMILES string of the molecule is Cc1nc2ccc(C(=O)Nc3c(C)n(C)n(-c4ccccc4)c3=O)cc2nc1C. The van der Waals surface area contributed by atoms with Gasteiger partial charge in [-0.05, 0) is 51.1 Å². The molecule has 0 saturated heterocycles. The Morgan fingerprint density at radius 3 is 2.28 bits per heavy atom. The first kappa shape index (κ1) is 18.6. The number of amides is 1. The third kappa shape index (κ3) is 3.20. The molecule has 7 nitrogen and oxygen atoms in total. The van der Waals surface area contributed by atoms with Crippen LogP contribution in [-0.2, 0) is 7.05 Å². The van der Waals surface area contributed by atoms with Gasteiger partial charge in [0, 0.05) is 12.6 Å². The molecule has 1 N–H and O–H groups in total. The molecule has 0 bridgehead atoms. The van der Waals surface area contributed by atoms with E-state index in [4.69, 9.17) is 0 Å². The van der Waals surface area contributed by atoms with Crippen LogP contribution in [0.3, 0.4) is 0 Å². The molecule has 0 aliphatic rings. The lowest BCUT2D eigenvalue weighted by molar-refractivity contribution is 0.102. The smallest absolute Gasteiger partial charge is 0.295 e. The highest BCUT2D eigenvalue weighted by Gasteiger charge is 2.19. The van der Waals surface area contributed by atoms with E-state index in [9.17, 15) is 9.59 Å². The van der Waals surface area contributed by atoms with Gasteiger partial charge in [-0.15, -0.1) is 0 Å². The molecule has 2 heterocycles. The van der Waals surface area contributed by atoms with Crippen molar-refractivity contribution in [1.82, 2.24) is 19.3 Å². The quantitative estimate of drug-likeness (QED) is 0.585. The van der Waals surface area contributed by atoms with E-state index in [0.29, 0.717) is 16.8 Å². The van der Waals surface area contributed by atoms with E-state index in [-0.39, 0.29) is 17.2 Å². The van der Waals surface area contributed by atoms with Gasteiger partial charge < -0.3 is 5.32 Å². The van der Waals surface area contributed by atoms with Crippen molar-refractivity contribution in [2.75, 3.05) is 5.32 Å². The number of nitrogens with zero attached hydrogens (tertiary/aromatic N) is 4. The fourth-order valence-electron chi connectivity index (χ4n) is 3.27. The van der Waals surface area contributed by atoms with Crippen molar-refractivity contribution in [3.8, 4) is 5.69 Å². The summed E-state index contributed by atoms with van der Waals surface area (Å²) in [6.07, 6.45) is 0. The van der Waals surface area contributed by atoms with E-state index in [1.807, 2.05) is 44.2 Å². The van der Waals surface area contributed by atoms with E-state index < -0.39 is 0 Å². The second-order valence-electron chi connectivity index (χ2n) is 6.99. The van der Waals surface area contributed by atoms with Gasteiger partial charge in [-0.1, -0.05) is 18.2 Å². The Labute approximate surface area is 167 Å². The van der Waals surface area contributed by atoms with Gasteiger partial charge in [0.05, 0.1) is 33.8 Å². The van der Waals surface area contributed by atoms with E-state index in [1.54, 1.807) is 36.9 Å². The molecule has 2 aromatic carbocycles. The molecule has 4 aromatic rings. The molecular weight excluding hydrogens is 366 g/mol. The number of anilines is 1. The second kappa shape index (κ2) is 7.01. The largest absolute Gasteiger partial charge is 0.316 e. The van der Waals surface area contributed by atoms with Crippen LogP contribution in [0.2, 0.25) is 0 Å². The molecule has 1 amide bonds. The van der Waals surface area contributed by atoms with Gasteiger partial charge >= 0.3 is 0 Å². The number of aryl methyl sites for hydroxylation is 2. The van der Waals surface area contributed by atoms with Gasteiger partial charge in [0.25, 0.3) is 11.5 Å². The minimum Gasteiger partial charge on any atom is -0.316 e. The molecule has 0 spiro atoms. The van der Waals surface area contributed by atoms with Crippen LogP contribution < -0.4 is 10.9 Å². The minimum absolute atomic E-state index is 0.257. The average Bonchev–Trinajstić information content (AvgIpc) is 2.92. The van der Waals surface area contributed by atoms with Crippen molar-refractivity contribution in [3.05, 3.63) is 81.5 Å². The molecule has 146 valence electrons. The average molecular weight is 387 g/mol. The number of fused-ring (bicyclic) bond motifs is 1. The standard InChI is InChI=1S/C22H21N5O2/c1-13-14(2)24-19-12-16(10-11-18(19)23-13)21(28)25-20-15(3)26(4)27(22(20)29)17-8-6-5-7-9-17/h5-12H,1-4H3,(H,25,28). The van der Waals surface area contributed by atoms with Gasteiger partial charge in [0.15, 0.2) is 0 Å². The molecule has 0 aliphatic heterocycles. The molecule has 29 heavy (non-hydrogen) atoms. The van der Waals surface area contributed by atoms with Gasteiger partial charge in [-0.2, -0.15) is 0 Å². The lowest BCUT2D eigenvalue weighted by Crippen LogP contribution is -2.23. The Bertz CT molecular complexity index is 1300. The van der Waals surface area contributed by atoms with Gasteiger partial charge in [0.1, 0.15) is 5.69 Å². The molecule has 0 fully saturated rings. The fourth-order valence-corrected chi connectivity index (χ4v) is 3.27. The van der Waals surface area contributed by atoms with Gasteiger partial charge in [-0.25, -0.2) is 14.6 Å². The number of hydrogen-bond acceptors (Lipinski definition) is 4. The molecule has 0 atom stereocenters. The highest BCUT2D eigenvalue weighted by molar-refractivity contribution is 6.06. The van der Waals surface area contributed by atoms with Crippen LogP contribution in [0.25, 0.3) is 16.7 Å². The third-order valence-electron chi connectivity index (χ3n) is 5.13. The predicted octanol–water partition coefficient (Wildman–Crippen LogP) is 3.30. The highest BCUT2D eigenvalue weighted by Crippen LogP contribution is 2.18. The van der Waals surface area contributed by atoms with Crippen molar-refractivity contribution >= 4 is 22.6 Å². The molecular formula is C22H21N5O2. The topological polar surface area (TPSA) is 81.8 Å². The molecule has 0 saturated carbocycles. The van der Waals surface area contributed by atoms with Crippen LogP contribution in [0, 0.1) is 20.8 Å². The summed E-state index contributed by atoms with van der Waals surface area (Å²) >= 11 is 0. The summed E-state index contributed by atoms with van der Waals surface area (Å²) in [6, 6.07) is 14.5. The Morgan fingerprint density at radius 2 is 1.59 bits per heavy atom. The maximum absolute atomic E-state index is 13.0. The van der Waals surface area contributed by atoms with E-state index in [2.05, 4.69) is 15.3 Å². The maximum atomic E-state index is 13.0. The van der Waals surface area contributed by atoms with Crippen LogP contribution in [0.15, 0.2) is 53.3 Å². The highest BCUT2D eigenvalue weighted by atomic mass is 16.2. The normalized spacial score (nSPS) is 11.0. The molecule has 7 heteroatoms. The molecule has 2 aromatic heterocycles. The Hall–Kier alpha value is -3.74. The van der Waals surface area contributed by atoms with Crippen molar-refractivity contribution in [2.45, 2.75) is 20.8 Å². The van der Waals surface area contributed by atoms with Crippen LogP contribution >= 0.6 is 0 Å². The van der Waals surface area contributed by atoms with Crippen LogP contribution in [0.5, 0.6) is 0 Å². The number of carbonyl (C=O) groups is 1. The number of aromatic nitrogens is 4. The lowest BCUT2D eigenvalue weighted by Gasteiger charge is -2.07. The first-order chi connectivity index (χ1) is 13.9. The monoisotopic (exact) mass is 387 g/mol. The van der Waals surface area contributed by atoms with Gasteiger partial charge in [-0.3, -0.25) is 14.3 Å². The molecule has 0 radical (unpaired) electrons. The first-order valence-corrected chi connectivity index (χ1v) is 9.27. The number of hydrogen-bond donors (Lipinski definition) is 1. The zero-order valence-electron chi connectivity index (χ0n) is 16.7. The number of benzene rings is 2. The molecule has 0 aliphatic carbocycles. The summed E-state index contributed by atoms with van der Waals surface area (Å²) in [4.78, 5) is 34.8. The minimum atomic E-state index is -0.363. The zero-order chi connectivity index (χ0) is 20.7. The summed E-state index contributed by atoms with van der Waals surface area (Å²) in [6.45, 7) is 5.58. The summed E-state index contributed by atoms with van der Waals surface area (Å²) in [5.74, 6) is -0.363. The third-order valence-corrected chi connectivity index (χ3v) is 5.13. The molecule has 0 unspecified atom stereocenters. The predicted molar refractivity (Wildman–Crippen MR) is 113 cm³/mol. The van der Waals surface area contributed by atoms with Crippen molar-refractivity contribution in [3.63, 3.8) is 0 Å². The Morgan fingerprint density at radius 1 is 0.931 bits per heavy atom. The summed E-state index contributed by atoms with van der Waals surface area (Å²) in [5, 5.41) is 2.78. The summed E-state index contributed by atoms with van der Waals surface area (Å²) < 4.78 is 3.26. The number of rotatable bonds is 3. The Kier molecular flexibility index (Phi) is 4.50. The summed E-state index contributed by atoms with van der Waals surface area (Å²) in [5.41, 5.74) is 4.85. The number of carbonyl (C=O) groups excluding carboxylic acids is 1. The van der Waals surface area contributed by atoms with Crippen LogP contribution in [0.4, 0.5) is 5.69 Å². The number of para-hydroxylation sites is 1. The summed E-state index contributed by atoms with van der Waals surface area (Å²) in [7, 11) is 1.79. The van der Waals surface area contributed by atoms with E-state index >= 15 is 0 Å². The molecule has 4 rings (SSSR count). The van der Waals surface area contributed by atoms with Gasteiger partial charge in [0.2, 0.25) is 0 Å². The zero-order valence-corrected chi connectivity index (χ0v) is 16.7. The van der Waals surface area contributed by atoms with E-state index in [1.165, 1.54) is 4.68 Å². The van der Waals surface area contributed by atoms with Crippen molar-refractivity contribution in [2.24, 2.45) is 7.05 Å². The Balaban J connectivity index is 1.71. The second-order valence-corrected chi connectivity index (χ2v) is 6.99. The fraction of sp³-hybridized carbons (Fsp3) is 0.182. The maximum Gasteiger partial charge on any atom is 0.295 e. The van der Waals surface area contributed by atoms with Crippen molar-refractivity contribution < 1.29 is 4.79 Å². The first-order valence-electron chi connectivity index (χ1n) is 9.27. The van der Waals surface area contributed by atoms with Crippen LogP contribution in [0.1, 0.15) is 27.4 Å². The number of nitrogens with one attached hydrogen (secondary N) is 1. The van der Waals surface area contributed by atoms with Crippen molar-refractivity contribution in [1.29, 1.82) is 0 Å². The lowest BCUT2D eigenvalue weighted by atomic mass is 10.1. The van der Waals surface area contributed by atoms with Crippen LogP contribution in [-0.4, -0.2) is 25.2 Å². The van der Waals surface area contributed by atoms with E-state index in [0.717, 1.165) is 22.6 Å².